The van der Waals surface area contributed by atoms with E-state index in [2.05, 4.69) is 25.7 Å². The lowest BCUT2D eigenvalue weighted by Gasteiger charge is -2.10. The van der Waals surface area contributed by atoms with Crippen molar-refractivity contribution in [2.75, 3.05) is 17.2 Å². The predicted molar refractivity (Wildman–Crippen MR) is 121 cm³/mol. The van der Waals surface area contributed by atoms with Gasteiger partial charge in [0.05, 0.1) is 24.1 Å². The summed E-state index contributed by atoms with van der Waals surface area (Å²) in [6, 6.07) is 12.3. The number of anilines is 2. The normalized spacial score (nSPS) is 10.7. The summed E-state index contributed by atoms with van der Waals surface area (Å²) in [5.41, 5.74) is 3.01. The Labute approximate surface area is 188 Å². The second kappa shape index (κ2) is 9.03. The molecule has 0 bridgehead atoms. The molecule has 2 amide bonds. The quantitative estimate of drug-likeness (QED) is 0.460. The average molecular weight is 451 g/mol. The fourth-order valence-electron chi connectivity index (χ4n) is 3.10. The number of nitrogens with zero attached hydrogens (tertiary/aromatic N) is 4. The Kier molecular flexibility index (Phi) is 6.00. The van der Waals surface area contributed by atoms with E-state index in [0.29, 0.717) is 33.6 Å². The molecular weight excluding hydrogens is 432 g/mol. The molecule has 32 heavy (non-hydrogen) atoms. The largest absolute Gasteiger partial charge is 0.450 e. The molecule has 0 aliphatic carbocycles. The number of aryl methyl sites for hydroxylation is 1. The summed E-state index contributed by atoms with van der Waals surface area (Å²) in [5, 5.41) is 10.2. The zero-order valence-electron chi connectivity index (χ0n) is 17.3. The van der Waals surface area contributed by atoms with Gasteiger partial charge >= 0.3 is 6.09 Å². The minimum Gasteiger partial charge on any atom is -0.450 e. The van der Waals surface area contributed by atoms with E-state index in [9.17, 15) is 9.59 Å². The van der Waals surface area contributed by atoms with Gasteiger partial charge in [-0.25, -0.2) is 19.3 Å². The van der Waals surface area contributed by atoms with Crippen LogP contribution in [0.3, 0.4) is 0 Å². The maximum Gasteiger partial charge on any atom is 0.412 e. The Morgan fingerprint density at radius 3 is 2.72 bits per heavy atom. The Morgan fingerprint density at radius 2 is 2.00 bits per heavy atom. The van der Waals surface area contributed by atoms with Crippen LogP contribution in [0, 0.1) is 6.92 Å². The molecule has 10 heteroatoms. The molecule has 0 radical (unpaired) electrons. The highest BCUT2D eigenvalue weighted by Crippen LogP contribution is 2.27. The summed E-state index contributed by atoms with van der Waals surface area (Å²) in [5.74, 6) is 0.542. The fourth-order valence-corrected chi connectivity index (χ4v) is 3.29. The van der Waals surface area contributed by atoms with Crippen molar-refractivity contribution < 1.29 is 14.3 Å². The molecule has 0 saturated carbocycles. The third-order valence-corrected chi connectivity index (χ3v) is 4.70. The summed E-state index contributed by atoms with van der Waals surface area (Å²) in [7, 11) is 0. The number of halogens is 1. The Balaban J connectivity index is 1.61. The van der Waals surface area contributed by atoms with Gasteiger partial charge in [0.25, 0.3) is 5.91 Å². The van der Waals surface area contributed by atoms with Crippen LogP contribution in [0.5, 0.6) is 0 Å². The van der Waals surface area contributed by atoms with Gasteiger partial charge in [0.1, 0.15) is 11.6 Å². The van der Waals surface area contributed by atoms with Crippen molar-refractivity contribution in [3.05, 3.63) is 71.3 Å². The number of pyridine rings is 2. The first-order chi connectivity index (χ1) is 15.4. The smallest absolute Gasteiger partial charge is 0.412 e. The number of fused-ring (bicyclic) bond motifs is 1. The topological polar surface area (TPSA) is 111 Å². The van der Waals surface area contributed by atoms with Gasteiger partial charge in [-0.3, -0.25) is 10.1 Å². The van der Waals surface area contributed by atoms with E-state index >= 15 is 0 Å². The number of nitrogens with one attached hydrogen (secondary N) is 2. The van der Waals surface area contributed by atoms with Gasteiger partial charge in [0, 0.05) is 16.8 Å². The van der Waals surface area contributed by atoms with Crippen LogP contribution in [0.4, 0.5) is 16.3 Å². The van der Waals surface area contributed by atoms with E-state index in [1.165, 1.54) is 6.20 Å². The van der Waals surface area contributed by atoms with Crippen LogP contribution in [0.25, 0.3) is 16.8 Å². The van der Waals surface area contributed by atoms with Crippen molar-refractivity contribution in [2.24, 2.45) is 0 Å². The summed E-state index contributed by atoms with van der Waals surface area (Å²) in [6.07, 6.45) is 2.46. The molecule has 0 aliphatic rings. The van der Waals surface area contributed by atoms with E-state index < -0.39 is 6.09 Å². The number of carbonyl (C=O) groups excluding carboxylic acids is 2. The molecule has 1 aromatic carbocycles. The van der Waals surface area contributed by atoms with Crippen molar-refractivity contribution in [1.29, 1.82) is 0 Å². The molecule has 4 rings (SSSR count). The Morgan fingerprint density at radius 1 is 1.16 bits per heavy atom. The lowest BCUT2D eigenvalue weighted by atomic mass is 10.0. The minimum atomic E-state index is -0.596. The summed E-state index contributed by atoms with van der Waals surface area (Å²) in [6.45, 7) is 3.75. The number of aromatic nitrogens is 4. The first-order valence-electron chi connectivity index (χ1n) is 9.77. The van der Waals surface area contributed by atoms with Gasteiger partial charge in [0.2, 0.25) is 0 Å². The molecule has 0 saturated heterocycles. The maximum absolute atomic E-state index is 12.9. The monoisotopic (exact) mass is 450 g/mol. The molecule has 0 spiro atoms. The Hall–Kier alpha value is -3.98. The summed E-state index contributed by atoms with van der Waals surface area (Å²) >= 11 is 6.16. The SMILES string of the molecule is CCOC(=O)Nc1ccc(NC(=O)c2cc(-c3cccc(Cl)c3)c3nc(C)nn3c2)cn1. The zero-order valence-corrected chi connectivity index (χ0v) is 18.1. The lowest BCUT2D eigenvalue weighted by molar-refractivity contribution is 0.102. The van der Waals surface area contributed by atoms with Crippen molar-refractivity contribution in [3.8, 4) is 11.1 Å². The molecule has 0 atom stereocenters. The molecule has 0 unspecified atom stereocenters. The van der Waals surface area contributed by atoms with Crippen LogP contribution >= 0.6 is 11.6 Å². The highest BCUT2D eigenvalue weighted by Gasteiger charge is 2.15. The van der Waals surface area contributed by atoms with Gasteiger partial charge in [-0.05, 0) is 49.7 Å². The second-order valence-corrected chi connectivity index (χ2v) is 7.25. The van der Waals surface area contributed by atoms with E-state index in [-0.39, 0.29) is 12.5 Å². The van der Waals surface area contributed by atoms with E-state index in [0.717, 1.165) is 11.1 Å². The molecule has 0 fully saturated rings. The molecule has 3 heterocycles. The third-order valence-electron chi connectivity index (χ3n) is 4.46. The van der Waals surface area contributed by atoms with Crippen molar-refractivity contribution in [1.82, 2.24) is 19.6 Å². The molecule has 162 valence electrons. The number of carbonyl (C=O) groups is 2. The molecule has 9 nitrogen and oxygen atoms in total. The third kappa shape index (κ3) is 4.68. The molecular formula is C22H19ClN6O3. The number of rotatable bonds is 5. The van der Waals surface area contributed by atoms with Crippen LogP contribution in [0.2, 0.25) is 5.02 Å². The van der Waals surface area contributed by atoms with E-state index in [4.69, 9.17) is 16.3 Å². The van der Waals surface area contributed by atoms with E-state index in [1.807, 2.05) is 18.2 Å². The zero-order chi connectivity index (χ0) is 22.7. The van der Waals surface area contributed by atoms with Gasteiger partial charge in [-0.1, -0.05) is 23.7 Å². The van der Waals surface area contributed by atoms with Crippen LogP contribution in [0.15, 0.2) is 54.9 Å². The highest BCUT2D eigenvalue weighted by molar-refractivity contribution is 6.30. The van der Waals surface area contributed by atoms with Crippen molar-refractivity contribution in [2.45, 2.75) is 13.8 Å². The summed E-state index contributed by atoms with van der Waals surface area (Å²) in [4.78, 5) is 33.0. The first-order valence-corrected chi connectivity index (χ1v) is 10.1. The number of hydrogen-bond acceptors (Lipinski definition) is 6. The number of amides is 2. The predicted octanol–water partition coefficient (Wildman–Crippen LogP) is 4.57. The van der Waals surface area contributed by atoms with Gasteiger partial charge < -0.3 is 10.1 Å². The average Bonchev–Trinajstić information content (AvgIpc) is 3.14. The molecule has 2 N–H and O–H groups in total. The van der Waals surface area contributed by atoms with E-state index in [1.54, 1.807) is 48.8 Å². The van der Waals surface area contributed by atoms with Crippen molar-refractivity contribution >= 4 is 40.8 Å². The van der Waals surface area contributed by atoms with Crippen LogP contribution in [0.1, 0.15) is 23.1 Å². The lowest BCUT2D eigenvalue weighted by Crippen LogP contribution is -2.15. The number of benzene rings is 1. The second-order valence-electron chi connectivity index (χ2n) is 6.81. The van der Waals surface area contributed by atoms with Crippen LogP contribution in [-0.2, 0) is 4.74 Å². The highest BCUT2D eigenvalue weighted by atomic mass is 35.5. The minimum absolute atomic E-state index is 0.257. The number of hydrogen-bond donors (Lipinski definition) is 2. The van der Waals surface area contributed by atoms with Gasteiger partial charge in [-0.2, -0.15) is 5.10 Å². The molecule has 3 aromatic heterocycles. The van der Waals surface area contributed by atoms with Gasteiger partial charge in [0.15, 0.2) is 5.65 Å². The molecule has 0 aliphatic heterocycles. The first kappa shape index (κ1) is 21.3. The maximum atomic E-state index is 12.9. The van der Waals surface area contributed by atoms with Crippen LogP contribution < -0.4 is 10.6 Å². The Bertz CT molecular complexity index is 1300. The van der Waals surface area contributed by atoms with Gasteiger partial charge in [-0.15, -0.1) is 0 Å². The standard InChI is InChI=1S/C22H19ClN6O3/c1-3-32-22(31)27-19-8-7-17(11-24-19)26-21(30)15-10-18(14-5-4-6-16(23)9-14)20-25-13(2)28-29(20)12-15/h4-12H,3H2,1-2H3,(H,26,30)(H,24,27,31). The van der Waals surface area contributed by atoms with Crippen molar-refractivity contribution in [3.63, 3.8) is 0 Å². The molecule has 4 aromatic rings. The van der Waals surface area contributed by atoms with Crippen LogP contribution in [-0.4, -0.2) is 38.2 Å². The number of ether oxygens (including phenoxy) is 1. The summed E-state index contributed by atoms with van der Waals surface area (Å²) < 4.78 is 6.38. The fraction of sp³-hybridized carbons (Fsp3) is 0.136.